The monoisotopic (exact) mass is 440 g/mol. The standard InChI is InChI=1S/C23H24N2O5S/c1-28-16-11-18(29-2)22(19(12-16)30-3)14-6-8-25(9-7-14)23(27)15-4-5-20-17(10-15)24-21(26)13-31-20/h4-6,10-12H,7-9,13H2,1-3H3,(H,24,26). The molecule has 2 aromatic rings. The fourth-order valence-electron chi connectivity index (χ4n) is 3.80. The SMILES string of the molecule is COc1cc(OC)c(C2=CCN(C(=O)c3ccc4c(c3)NC(=O)CS4)CC2)c(OC)c1. The number of hydrogen-bond donors (Lipinski definition) is 1. The average molecular weight is 441 g/mol. The third kappa shape index (κ3) is 4.20. The van der Waals surface area contributed by atoms with Gasteiger partial charge < -0.3 is 24.4 Å². The summed E-state index contributed by atoms with van der Waals surface area (Å²) >= 11 is 1.48. The van der Waals surface area contributed by atoms with Crippen LogP contribution in [0.4, 0.5) is 5.69 Å². The molecule has 0 unspecified atom stereocenters. The number of methoxy groups -OCH3 is 3. The van der Waals surface area contributed by atoms with Gasteiger partial charge in [0.15, 0.2) is 0 Å². The van der Waals surface area contributed by atoms with Crippen LogP contribution in [0.25, 0.3) is 5.57 Å². The summed E-state index contributed by atoms with van der Waals surface area (Å²) < 4.78 is 16.5. The normalized spacial score (nSPS) is 15.5. The van der Waals surface area contributed by atoms with E-state index in [-0.39, 0.29) is 11.8 Å². The minimum absolute atomic E-state index is 0.0463. The first-order chi connectivity index (χ1) is 15.0. The van der Waals surface area contributed by atoms with E-state index in [4.69, 9.17) is 14.2 Å². The molecule has 0 bridgehead atoms. The van der Waals surface area contributed by atoms with E-state index in [1.165, 1.54) is 11.8 Å². The summed E-state index contributed by atoms with van der Waals surface area (Å²) in [4.78, 5) is 27.5. The number of thioether (sulfide) groups is 1. The largest absolute Gasteiger partial charge is 0.496 e. The molecule has 0 aliphatic carbocycles. The summed E-state index contributed by atoms with van der Waals surface area (Å²) in [6, 6.07) is 9.13. The molecule has 162 valence electrons. The van der Waals surface area contributed by atoms with Crippen molar-refractivity contribution in [2.24, 2.45) is 0 Å². The van der Waals surface area contributed by atoms with Crippen LogP contribution < -0.4 is 19.5 Å². The molecule has 2 aliphatic rings. The molecule has 0 saturated carbocycles. The predicted octanol–water partition coefficient (Wildman–Crippen LogP) is 3.69. The minimum atomic E-state index is -0.0587. The molecule has 7 nitrogen and oxygen atoms in total. The zero-order valence-corrected chi connectivity index (χ0v) is 18.5. The van der Waals surface area contributed by atoms with Crippen molar-refractivity contribution in [3.8, 4) is 17.2 Å². The third-order valence-corrected chi connectivity index (χ3v) is 6.47. The van der Waals surface area contributed by atoms with E-state index in [2.05, 4.69) is 5.32 Å². The van der Waals surface area contributed by atoms with Crippen LogP contribution in [0.5, 0.6) is 17.2 Å². The lowest BCUT2D eigenvalue weighted by molar-refractivity contribution is -0.113. The van der Waals surface area contributed by atoms with Crippen molar-refractivity contribution in [2.45, 2.75) is 11.3 Å². The predicted molar refractivity (Wildman–Crippen MR) is 120 cm³/mol. The van der Waals surface area contributed by atoms with Crippen LogP contribution in [0.15, 0.2) is 41.3 Å². The van der Waals surface area contributed by atoms with E-state index in [0.717, 1.165) is 16.0 Å². The lowest BCUT2D eigenvalue weighted by Gasteiger charge is -2.28. The molecule has 0 fully saturated rings. The number of rotatable bonds is 5. The van der Waals surface area contributed by atoms with Crippen molar-refractivity contribution in [2.75, 3.05) is 45.5 Å². The highest BCUT2D eigenvalue weighted by atomic mass is 32.2. The summed E-state index contributed by atoms with van der Waals surface area (Å²) in [5.74, 6) is 2.29. The Balaban J connectivity index is 1.56. The van der Waals surface area contributed by atoms with Crippen LogP contribution in [0, 0.1) is 0 Å². The van der Waals surface area contributed by atoms with Crippen molar-refractivity contribution < 1.29 is 23.8 Å². The number of ether oxygens (including phenoxy) is 3. The first kappa shape index (κ1) is 21.1. The van der Waals surface area contributed by atoms with Crippen LogP contribution in [-0.4, -0.2) is 56.9 Å². The van der Waals surface area contributed by atoms with E-state index in [9.17, 15) is 9.59 Å². The molecule has 2 amide bonds. The molecule has 31 heavy (non-hydrogen) atoms. The van der Waals surface area contributed by atoms with Gasteiger partial charge in [0.2, 0.25) is 5.91 Å². The number of anilines is 1. The highest BCUT2D eigenvalue weighted by Crippen LogP contribution is 2.41. The summed E-state index contributed by atoms with van der Waals surface area (Å²) in [6.45, 7) is 1.05. The van der Waals surface area contributed by atoms with E-state index in [1.54, 1.807) is 32.3 Å². The number of nitrogens with zero attached hydrogens (tertiary/aromatic N) is 1. The second kappa shape index (κ2) is 8.93. The number of carbonyl (C=O) groups excluding carboxylic acids is 2. The maximum absolute atomic E-state index is 13.1. The maximum atomic E-state index is 13.1. The van der Waals surface area contributed by atoms with E-state index >= 15 is 0 Å². The molecule has 0 atom stereocenters. The van der Waals surface area contributed by atoms with Crippen LogP contribution in [0.1, 0.15) is 22.3 Å². The van der Waals surface area contributed by atoms with Gasteiger partial charge in [-0.1, -0.05) is 6.08 Å². The lowest BCUT2D eigenvalue weighted by atomic mass is 9.96. The molecule has 0 aromatic heterocycles. The molecule has 2 aromatic carbocycles. The van der Waals surface area contributed by atoms with Gasteiger partial charge in [0.05, 0.1) is 38.3 Å². The highest BCUT2D eigenvalue weighted by Gasteiger charge is 2.25. The number of carbonyl (C=O) groups is 2. The van der Waals surface area contributed by atoms with E-state index < -0.39 is 0 Å². The summed E-state index contributed by atoms with van der Waals surface area (Å²) in [5, 5.41) is 2.84. The highest BCUT2D eigenvalue weighted by molar-refractivity contribution is 8.00. The topological polar surface area (TPSA) is 77.1 Å². The van der Waals surface area contributed by atoms with Gasteiger partial charge in [0.1, 0.15) is 17.2 Å². The third-order valence-electron chi connectivity index (χ3n) is 5.39. The number of amides is 2. The molecular weight excluding hydrogens is 416 g/mol. The van der Waals surface area contributed by atoms with E-state index in [1.807, 2.05) is 30.3 Å². The quantitative estimate of drug-likeness (QED) is 0.764. The molecule has 1 N–H and O–H groups in total. The molecule has 4 rings (SSSR count). The summed E-state index contributed by atoms with van der Waals surface area (Å²) in [5.41, 5.74) is 3.21. The number of hydrogen-bond acceptors (Lipinski definition) is 6. The lowest BCUT2D eigenvalue weighted by Crippen LogP contribution is -2.34. The fourth-order valence-corrected chi connectivity index (χ4v) is 4.59. The zero-order chi connectivity index (χ0) is 22.0. The molecule has 8 heteroatoms. The van der Waals surface area contributed by atoms with Crippen molar-refractivity contribution >= 4 is 34.8 Å². The van der Waals surface area contributed by atoms with Gasteiger partial charge in [0, 0.05) is 35.7 Å². The molecule has 0 saturated heterocycles. The van der Waals surface area contributed by atoms with Crippen molar-refractivity contribution in [1.82, 2.24) is 4.90 Å². The molecular formula is C23H24N2O5S. The number of fused-ring (bicyclic) bond motifs is 1. The second-order valence-electron chi connectivity index (χ2n) is 7.19. The van der Waals surface area contributed by atoms with Crippen LogP contribution >= 0.6 is 11.8 Å². The Hall–Kier alpha value is -3.13. The van der Waals surface area contributed by atoms with Gasteiger partial charge in [-0.3, -0.25) is 9.59 Å². The zero-order valence-electron chi connectivity index (χ0n) is 17.7. The van der Waals surface area contributed by atoms with Gasteiger partial charge in [-0.05, 0) is 30.2 Å². The smallest absolute Gasteiger partial charge is 0.254 e. The van der Waals surface area contributed by atoms with Gasteiger partial charge in [-0.25, -0.2) is 0 Å². The molecule has 0 spiro atoms. The number of nitrogens with one attached hydrogen (secondary N) is 1. The maximum Gasteiger partial charge on any atom is 0.254 e. The van der Waals surface area contributed by atoms with Gasteiger partial charge in [-0.15, -0.1) is 11.8 Å². The second-order valence-corrected chi connectivity index (χ2v) is 8.20. The average Bonchev–Trinajstić information content (AvgIpc) is 2.82. The Morgan fingerprint density at radius 3 is 2.42 bits per heavy atom. The van der Waals surface area contributed by atoms with Gasteiger partial charge in [0.25, 0.3) is 5.91 Å². The van der Waals surface area contributed by atoms with Crippen molar-refractivity contribution in [3.63, 3.8) is 0 Å². The Morgan fingerprint density at radius 2 is 1.81 bits per heavy atom. The summed E-state index contributed by atoms with van der Waals surface area (Å²) in [7, 11) is 4.83. The van der Waals surface area contributed by atoms with Gasteiger partial charge in [-0.2, -0.15) is 0 Å². The van der Waals surface area contributed by atoms with Crippen LogP contribution in [0.2, 0.25) is 0 Å². The molecule has 2 heterocycles. The number of benzene rings is 2. The van der Waals surface area contributed by atoms with Crippen LogP contribution in [-0.2, 0) is 4.79 Å². The van der Waals surface area contributed by atoms with Gasteiger partial charge >= 0.3 is 0 Å². The summed E-state index contributed by atoms with van der Waals surface area (Å²) in [6.07, 6.45) is 2.70. The fraction of sp³-hybridized carbons (Fsp3) is 0.304. The van der Waals surface area contributed by atoms with E-state index in [0.29, 0.717) is 53.8 Å². The Labute approximate surface area is 185 Å². The van der Waals surface area contributed by atoms with Crippen LogP contribution in [0.3, 0.4) is 0 Å². The first-order valence-electron chi connectivity index (χ1n) is 9.89. The minimum Gasteiger partial charge on any atom is -0.496 e. The van der Waals surface area contributed by atoms with Crippen molar-refractivity contribution in [3.05, 3.63) is 47.5 Å². The molecule has 2 aliphatic heterocycles. The first-order valence-corrected chi connectivity index (χ1v) is 10.9. The molecule has 0 radical (unpaired) electrons. The van der Waals surface area contributed by atoms with Crippen molar-refractivity contribution in [1.29, 1.82) is 0 Å². The Kier molecular flexibility index (Phi) is 6.08. The Bertz CT molecular complexity index is 1040. The Morgan fingerprint density at radius 1 is 1.06 bits per heavy atom.